The van der Waals surface area contributed by atoms with Crippen LogP contribution in [0.1, 0.15) is 6.92 Å². The molecule has 0 heterocycles. The van der Waals surface area contributed by atoms with Gasteiger partial charge in [0.15, 0.2) is 0 Å². The molecule has 60 valence electrons. The molecule has 0 spiro atoms. The van der Waals surface area contributed by atoms with Crippen LogP contribution in [0.4, 0.5) is 4.79 Å². The summed E-state index contributed by atoms with van der Waals surface area (Å²) in [6, 6.07) is 0. The van der Waals surface area contributed by atoms with Gasteiger partial charge >= 0.3 is 6.09 Å². The molecule has 0 aromatic heterocycles. The van der Waals surface area contributed by atoms with E-state index in [1.165, 1.54) is 6.08 Å². The topological polar surface area (TPSA) is 49.3 Å². The Kier molecular flexibility index (Phi) is 4.56. The standard InChI is InChI=1S/C8H11NO2/c1-3-5-7(6-4-2)9-8(10)11/h3-6,9H,1H2,2H3,(H,10,11)/b6-4-,7-5+. The van der Waals surface area contributed by atoms with Crippen LogP contribution in [-0.4, -0.2) is 11.2 Å². The summed E-state index contributed by atoms with van der Waals surface area (Å²) in [6.45, 7) is 5.25. The van der Waals surface area contributed by atoms with E-state index in [2.05, 4.69) is 11.9 Å². The highest BCUT2D eigenvalue weighted by molar-refractivity contribution is 5.67. The van der Waals surface area contributed by atoms with Gasteiger partial charge in [-0.1, -0.05) is 18.7 Å². The second-order valence-corrected chi connectivity index (χ2v) is 1.79. The van der Waals surface area contributed by atoms with Crippen molar-refractivity contribution in [1.82, 2.24) is 5.32 Å². The van der Waals surface area contributed by atoms with Crippen LogP contribution in [0.3, 0.4) is 0 Å². The van der Waals surface area contributed by atoms with Gasteiger partial charge in [-0.2, -0.15) is 0 Å². The van der Waals surface area contributed by atoms with Crippen LogP contribution in [0.15, 0.2) is 36.6 Å². The first-order chi connectivity index (χ1) is 5.20. The van der Waals surface area contributed by atoms with E-state index >= 15 is 0 Å². The average molecular weight is 153 g/mol. The number of hydrogen-bond acceptors (Lipinski definition) is 1. The Morgan fingerprint density at radius 3 is 2.64 bits per heavy atom. The normalized spacial score (nSPS) is 11.5. The Morgan fingerprint density at radius 2 is 2.27 bits per heavy atom. The summed E-state index contributed by atoms with van der Waals surface area (Å²) < 4.78 is 0. The van der Waals surface area contributed by atoms with Crippen molar-refractivity contribution in [1.29, 1.82) is 0 Å². The van der Waals surface area contributed by atoms with Crippen LogP contribution in [0, 0.1) is 0 Å². The molecular weight excluding hydrogens is 142 g/mol. The largest absolute Gasteiger partial charge is 0.465 e. The first-order valence-electron chi connectivity index (χ1n) is 3.16. The maximum absolute atomic E-state index is 10.1. The molecule has 1 amide bonds. The van der Waals surface area contributed by atoms with E-state index in [4.69, 9.17) is 5.11 Å². The molecule has 0 atom stereocenters. The van der Waals surface area contributed by atoms with Gasteiger partial charge in [-0.3, -0.25) is 5.32 Å². The molecule has 3 nitrogen and oxygen atoms in total. The molecule has 0 aromatic rings. The molecule has 11 heavy (non-hydrogen) atoms. The van der Waals surface area contributed by atoms with E-state index in [9.17, 15) is 4.79 Å². The van der Waals surface area contributed by atoms with E-state index in [0.29, 0.717) is 5.70 Å². The summed E-state index contributed by atoms with van der Waals surface area (Å²) in [5, 5.41) is 10.5. The maximum atomic E-state index is 10.1. The van der Waals surface area contributed by atoms with Crippen molar-refractivity contribution in [3.05, 3.63) is 36.6 Å². The quantitative estimate of drug-likeness (QED) is 0.608. The third kappa shape index (κ3) is 4.96. The van der Waals surface area contributed by atoms with Crippen molar-refractivity contribution in [3.63, 3.8) is 0 Å². The number of nitrogens with one attached hydrogen (secondary N) is 1. The van der Waals surface area contributed by atoms with Gasteiger partial charge in [0, 0.05) is 5.70 Å². The Balaban J connectivity index is 4.22. The molecule has 0 aliphatic rings. The minimum absolute atomic E-state index is 0.509. The Bertz CT molecular complexity index is 204. The highest BCUT2D eigenvalue weighted by atomic mass is 16.4. The predicted molar refractivity (Wildman–Crippen MR) is 44.3 cm³/mol. The molecule has 0 fully saturated rings. The lowest BCUT2D eigenvalue weighted by Crippen LogP contribution is -2.18. The summed E-state index contributed by atoms with van der Waals surface area (Å²) in [5.41, 5.74) is 0.509. The predicted octanol–water partition coefficient (Wildman–Crippen LogP) is 1.90. The molecule has 0 bridgehead atoms. The lowest BCUT2D eigenvalue weighted by molar-refractivity contribution is 0.198. The second kappa shape index (κ2) is 5.29. The summed E-state index contributed by atoms with van der Waals surface area (Å²) >= 11 is 0. The van der Waals surface area contributed by atoms with Gasteiger partial charge in [0.05, 0.1) is 0 Å². The van der Waals surface area contributed by atoms with E-state index in [-0.39, 0.29) is 0 Å². The smallest absolute Gasteiger partial charge is 0.409 e. The van der Waals surface area contributed by atoms with Gasteiger partial charge in [-0.05, 0) is 19.1 Å². The summed E-state index contributed by atoms with van der Waals surface area (Å²) in [6.07, 6.45) is 5.41. The monoisotopic (exact) mass is 153 g/mol. The van der Waals surface area contributed by atoms with Crippen LogP contribution < -0.4 is 5.32 Å². The third-order valence-electron chi connectivity index (χ3n) is 0.895. The lowest BCUT2D eigenvalue weighted by atomic mass is 10.3. The van der Waals surface area contributed by atoms with Gasteiger partial charge < -0.3 is 5.11 Å². The van der Waals surface area contributed by atoms with Crippen molar-refractivity contribution in [2.24, 2.45) is 0 Å². The Morgan fingerprint density at radius 1 is 1.64 bits per heavy atom. The summed E-state index contributed by atoms with van der Waals surface area (Å²) in [5.74, 6) is 0. The number of allylic oxidation sites excluding steroid dienone is 4. The van der Waals surface area contributed by atoms with Crippen molar-refractivity contribution >= 4 is 6.09 Å². The fourth-order valence-electron chi connectivity index (χ4n) is 0.569. The van der Waals surface area contributed by atoms with Crippen LogP contribution in [0.5, 0.6) is 0 Å². The summed E-state index contributed by atoms with van der Waals surface area (Å²) in [4.78, 5) is 10.1. The minimum atomic E-state index is -1.07. The average Bonchev–Trinajstić information content (AvgIpc) is 1.87. The van der Waals surface area contributed by atoms with Gasteiger partial charge in [0.25, 0.3) is 0 Å². The van der Waals surface area contributed by atoms with Crippen LogP contribution >= 0.6 is 0 Å². The maximum Gasteiger partial charge on any atom is 0.409 e. The van der Waals surface area contributed by atoms with Crippen LogP contribution in [0.2, 0.25) is 0 Å². The fourth-order valence-corrected chi connectivity index (χ4v) is 0.569. The fraction of sp³-hybridized carbons (Fsp3) is 0.125. The van der Waals surface area contributed by atoms with Gasteiger partial charge in [-0.25, -0.2) is 4.79 Å². The minimum Gasteiger partial charge on any atom is -0.465 e. The Labute approximate surface area is 65.7 Å². The number of amides is 1. The zero-order valence-corrected chi connectivity index (χ0v) is 6.37. The molecule has 0 aliphatic heterocycles. The van der Waals surface area contributed by atoms with Crippen molar-refractivity contribution in [2.75, 3.05) is 0 Å². The number of rotatable bonds is 3. The van der Waals surface area contributed by atoms with Crippen molar-refractivity contribution in [3.8, 4) is 0 Å². The number of carboxylic acid groups (broad SMARTS) is 1. The van der Waals surface area contributed by atoms with E-state index in [1.807, 2.05) is 0 Å². The van der Waals surface area contributed by atoms with E-state index < -0.39 is 6.09 Å². The molecule has 0 radical (unpaired) electrons. The van der Waals surface area contributed by atoms with E-state index in [0.717, 1.165) is 0 Å². The molecule has 0 saturated carbocycles. The third-order valence-corrected chi connectivity index (χ3v) is 0.895. The second-order valence-electron chi connectivity index (χ2n) is 1.79. The SMILES string of the molecule is C=C/C=C(\C=C/C)NC(=O)O. The van der Waals surface area contributed by atoms with Gasteiger partial charge in [0.2, 0.25) is 0 Å². The van der Waals surface area contributed by atoms with Crippen LogP contribution in [-0.2, 0) is 0 Å². The zero-order valence-electron chi connectivity index (χ0n) is 6.37. The van der Waals surface area contributed by atoms with E-state index in [1.54, 1.807) is 25.2 Å². The number of hydrogen-bond donors (Lipinski definition) is 2. The first kappa shape index (κ1) is 9.49. The highest BCUT2D eigenvalue weighted by Crippen LogP contribution is 1.91. The lowest BCUT2D eigenvalue weighted by Gasteiger charge is -1.98. The Hall–Kier alpha value is -1.51. The first-order valence-corrected chi connectivity index (χ1v) is 3.16. The zero-order chi connectivity index (χ0) is 8.69. The highest BCUT2D eigenvalue weighted by Gasteiger charge is 1.94. The molecule has 0 aromatic carbocycles. The molecule has 0 rings (SSSR count). The van der Waals surface area contributed by atoms with Crippen molar-refractivity contribution in [2.45, 2.75) is 6.92 Å². The van der Waals surface area contributed by atoms with Gasteiger partial charge in [0.1, 0.15) is 0 Å². The summed E-state index contributed by atoms with van der Waals surface area (Å²) in [7, 11) is 0. The van der Waals surface area contributed by atoms with Gasteiger partial charge in [-0.15, -0.1) is 0 Å². The molecule has 2 N–H and O–H groups in total. The molecule has 0 saturated heterocycles. The molecular formula is C8H11NO2. The van der Waals surface area contributed by atoms with Crippen molar-refractivity contribution < 1.29 is 9.90 Å². The van der Waals surface area contributed by atoms with Crippen LogP contribution in [0.25, 0.3) is 0 Å². The molecule has 3 heteroatoms. The molecule has 0 aliphatic carbocycles. The molecule has 0 unspecified atom stereocenters. The number of carbonyl (C=O) groups is 1.